The minimum absolute atomic E-state index is 0.803. The summed E-state index contributed by atoms with van der Waals surface area (Å²) in [6.07, 6.45) is 0. The van der Waals surface area contributed by atoms with E-state index in [9.17, 15) is 16.9 Å². The fraction of sp³-hybridized carbons (Fsp3) is 1.00. The predicted molar refractivity (Wildman–Crippen MR) is 77.7 cm³/mol. The minimum atomic E-state index is -11.2. The van der Waals surface area contributed by atoms with E-state index in [2.05, 4.69) is 48.6 Å². The second-order valence-corrected chi connectivity index (χ2v) is 12.8. The SMILES string of the molecule is CC(C)C[N+](C)(CC(C)C)CC(C)C.[F][Sb-]([F])([F])([F])([F])[F]. The second-order valence-electron chi connectivity index (χ2n) is 7.31. The van der Waals surface area contributed by atoms with Crippen LogP contribution in [-0.4, -0.2) is 50.6 Å². The zero-order valence-corrected chi connectivity index (χ0v) is 16.6. The molecular weight excluding hydrogens is 406 g/mol. The number of rotatable bonds is 6. The van der Waals surface area contributed by atoms with Crippen LogP contribution in [0, 0.1) is 17.8 Å². The maximum atomic E-state index is 9.93. The van der Waals surface area contributed by atoms with Gasteiger partial charge in [0.1, 0.15) is 0 Å². The van der Waals surface area contributed by atoms with E-state index in [1.807, 2.05) is 0 Å². The van der Waals surface area contributed by atoms with Crippen molar-refractivity contribution in [1.82, 2.24) is 0 Å². The van der Waals surface area contributed by atoms with Gasteiger partial charge in [-0.2, -0.15) is 0 Å². The van der Waals surface area contributed by atoms with Gasteiger partial charge in [0.05, 0.1) is 26.7 Å². The first-order chi connectivity index (χ1) is 8.70. The molecule has 1 nitrogen and oxygen atoms in total. The van der Waals surface area contributed by atoms with Crippen LogP contribution in [0.5, 0.6) is 0 Å². The van der Waals surface area contributed by atoms with E-state index < -0.39 is 19.5 Å². The third kappa shape index (κ3) is 29.1. The fourth-order valence-electron chi connectivity index (χ4n) is 2.87. The zero-order chi connectivity index (χ0) is 17.8. The van der Waals surface area contributed by atoms with Crippen LogP contribution in [0.3, 0.4) is 0 Å². The van der Waals surface area contributed by atoms with E-state index in [1.165, 1.54) is 24.1 Å². The van der Waals surface area contributed by atoms with Gasteiger partial charge >= 0.3 is 36.4 Å². The van der Waals surface area contributed by atoms with Crippen molar-refractivity contribution in [1.29, 1.82) is 0 Å². The Labute approximate surface area is 127 Å². The molecule has 0 unspecified atom stereocenters. The molecule has 0 saturated heterocycles. The van der Waals surface area contributed by atoms with Gasteiger partial charge in [0.25, 0.3) is 0 Å². The van der Waals surface area contributed by atoms with Crippen LogP contribution < -0.4 is 0 Å². The Bertz CT molecular complexity index is 268. The van der Waals surface area contributed by atoms with Gasteiger partial charge in [-0.1, -0.05) is 41.5 Å². The molecule has 0 spiro atoms. The summed E-state index contributed by atoms with van der Waals surface area (Å²) in [7, 11) is 2.42. The van der Waals surface area contributed by atoms with Crippen molar-refractivity contribution < 1.29 is 21.4 Å². The van der Waals surface area contributed by atoms with Crippen molar-refractivity contribution in [2.75, 3.05) is 26.7 Å². The molecule has 134 valence electrons. The first-order valence-corrected chi connectivity index (χ1v) is 12.9. The molecule has 0 aliphatic heterocycles. The Morgan fingerprint density at radius 2 is 0.762 bits per heavy atom. The van der Waals surface area contributed by atoms with Gasteiger partial charge in [0.2, 0.25) is 0 Å². The van der Waals surface area contributed by atoms with Gasteiger partial charge in [-0.3, -0.25) is 0 Å². The average Bonchev–Trinajstić information content (AvgIpc) is 1.88. The summed E-state index contributed by atoms with van der Waals surface area (Å²) in [6, 6.07) is 0. The van der Waals surface area contributed by atoms with Crippen LogP contribution in [0.25, 0.3) is 0 Å². The first-order valence-electron chi connectivity index (χ1n) is 7.10. The average molecular weight is 436 g/mol. The van der Waals surface area contributed by atoms with Crippen molar-refractivity contribution in [2.24, 2.45) is 17.8 Å². The predicted octanol–water partition coefficient (Wildman–Crippen LogP) is 5.54. The Morgan fingerprint density at radius 3 is 0.857 bits per heavy atom. The van der Waals surface area contributed by atoms with Crippen molar-refractivity contribution in [2.45, 2.75) is 41.5 Å². The molecule has 0 N–H and O–H groups in total. The third-order valence-corrected chi connectivity index (χ3v) is 2.42. The van der Waals surface area contributed by atoms with E-state index in [1.54, 1.807) is 0 Å². The zero-order valence-electron chi connectivity index (χ0n) is 14.0. The Kier molecular flexibility index (Phi) is 7.71. The van der Waals surface area contributed by atoms with Crippen LogP contribution in [0.15, 0.2) is 0 Å². The number of halogens is 6. The Hall–Kier alpha value is 0.358. The summed E-state index contributed by atoms with van der Waals surface area (Å²) >= 11 is -11.2. The normalized spacial score (nSPS) is 16.6. The molecule has 0 heterocycles. The molecule has 0 amide bonds. The molecule has 0 fully saturated rings. The van der Waals surface area contributed by atoms with E-state index >= 15 is 0 Å². The van der Waals surface area contributed by atoms with E-state index in [-0.39, 0.29) is 0 Å². The Balaban J connectivity index is 0. The van der Waals surface area contributed by atoms with Crippen LogP contribution >= 0.6 is 0 Å². The molecule has 0 aliphatic rings. The van der Waals surface area contributed by atoms with Crippen molar-refractivity contribution >= 4 is 19.5 Å². The maximum absolute atomic E-state index is 11.2. The molecule has 0 bridgehead atoms. The summed E-state index contributed by atoms with van der Waals surface area (Å²) in [5, 5.41) is 0. The molecule has 0 aromatic rings. The standard InChI is InChI=1S/C13H30N.6FH.Sb/c1-11(2)8-14(7,9-12(3)4)10-13(5)6;;;;;;;/h11-13H,8-10H2,1-7H3;6*1H;/q+1;;;;;;;+5/p-6. The van der Waals surface area contributed by atoms with E-state index in [0.29, 0.717) is 0 Å². The molecule has 0 saturated carbocycles. The van der Waals surface area contributed by atoms with Crippen molar-refractivity contribution in [3.05, 3.63) is 0 Å². The van der Waals surface area contributed by atoms with Crippen LogP contribution in [0.2, 0.25) is 0 Å². The summed E-state index contributed by atoms with van der Waals surface area (Å²) in [5.74, 6) is 2.41. The van der Waals surface area contributed by atoms with Gasteiger partial charge in [0.15, 0.2) is 0 Å². The molecule has 21 heavy (non-hydrogen) atoms. The van der Waals surface area contributed by atoms with Crippen LogP contribution in [0.1, 0.15) is 41.5 Å². The topological polar surface area (TPSA) is 0 Å². The third-order valence-electron chi connectivity index (χ3n) is 2.42. The fourth-order valence-corrected chi connectivity index (χ4v) is 2.87. The van der Waals surface area contributed by atoms with Gasteiger partial charge < -0.3 is 4.48 Å². The molecule has 0 aliphatic carbocycles. The summed E-state index contributed by atoms with van der Waals surface area (Å²) < 4.78 is 60.8. The Morgan fingerprint density at radius 1 is 0.619 bits per heavy atom. The molecule has 0 aromatic carbocycles. The van der Waals surface area contributed by atoms with E-state index in [0.717, 1.165) is 17.8 Å². The van der Waals surface area contributed by atoms with Crippen molar-refractivity contribution in [3.63, 3.8) is 0 Å². The molecule has 8 heteroatoms. The number of nitrogens with zero attached hydrogens (tertiary/aromatic N) is 1. The monoisotopic (exact) mass is 435 g/mol. The molecule has 0 atom stereocenters. The van der Waals surface area contributed by atoms with Gasteiger partial charge in [-0.15, -0.1) is 0 Å². The molecule has 0 aromatic heterocycles. The first kappa shape index (κ1) is 23.6. The van der Waals surface area contributed by atoms with Gasteiger partial charge in [-0.05, 0) is 0 Å². The molecule has 0 radical (unpaired) electrons. The molecule has 0 rings (SSSR count). The van der Waals surface area contributed by atoms with Crippen LogP contribution in [0.4, 0.5) is 16.9 Å². The summed E-state index contributed by atoms with van der Waals surface area (Å²) in [5.41, 5.74) is 0. The number of hydrogen-bond donors (Lipinski definition) is 0. The van der Waals surface area contributed by atoms with Crippen LogP contribution in [-0.2, 0) is 0 Å². The van der Waals surface area contributed by atoms with Gasteiger partial charge in [0, 0.05) is 17.8 Å². The number of hydrogen-bond acceptors (Lipinski definition) is 0. The summed E-state index contributed by atoms with van der Waals surface area (Å²) in [4.78, 5) is 0. The van der Waals surface area contributed by atoms with Gasteiger partial charge in [-0.25, -0.2) is 0 Å². The quantitative estimate of drug-likeness (QED) is 0.292. The van der Waals surface area contributed by atoms with Crippen molar-refractivity contribution in [3.8, 4) is 0 Å². The summed E-state index contributed by atoms with van der Waals surface area (Å²) in [6.45, 7) is 17.9. The second kappa shape index (κ2) is 6.86. The van der Waals surface area contributed by atoms with E-state index in [4.69, 9.17) is 0 Å². The number of quaternary nitrogens is 1. The molecular formula is C13H30F6NSb.